The fourth-order valence-corrected chi connectivity index (χ4v) is 2.84. The maximum atomic E-state index is 4.44. The molecule has 0 amide bonds. The third-order valence-electron chi connectivity index (χ3n) is 3.16. The van der Waals surface area contributed by atoms with Gasteiger partial charge in [0.15, 0.2) is 0 Å². The zero-order valence-electron chi connectivity index (χ0n) is 10.3. The highest BCUT2D eigenvalue weighted by molar-refractivity contribution is 7.16. The van der Waals surface area contributed by atoms with Gasteiger partial charge in [0.1, 0.15) is 0 Å². The van der Waals surface area contributed by atoms with Crippen molar-refractivity contribution in [1.29, 1.82) is 0 Å². The van der Waals surface area contributed by atoms with E-state index in [9.17, 15) is 0 Å². The Morgan fingerprint density at radius 1 is 1.11 bits per heavy atom. The van der Waals surface area contributed by atoms with Crippen molar-refractivity contribution in [2.45, 2.75) is 19.8 Å². The van der Waals surface area contributed by atoms with Crippen LogP contribution < -0.4 is 0 Å². The molecule has 0 aliphatic rings. The minimum atomic E-state index is 0.997. The number of thiazole rings is 1. The number of rotatable bonds is 3. The van der Waals surface area contributed by atoms with Crippen LogP contribution in [0.5, 0.6) is 0 Å². The van der Waals surface area contributed by atoms with E-state index in [0.717, 1.165) is 18.4 Å². The maximum absolute atomic E-state index is 4.44. The van der Waals surface area contributed by atoms with Gasteiger partial charge in [0.2, 0.25) is 0 Å². The molecule has 0 saturated heterocycles. The van der Waals surface area contributed by atoms with Crippen molar-refractivity contribution in [2.75, 3.05) is 0 Å². The summed E-state index contributed by atoms with van der Waals surface area (Å²) in [6.07, 6.45) is 3.90. The minimum absolute atomic E-state index is 0.997. The molecule has 0 aliphatic carbocycles. The Balaban J connectivity index is 1.78. The largest absolute Gasteiger partial charge is 0.261 e. The van der Waals surface area contributed by atoms with Gasteiger partial charge in [-0.05, 0) is 49.1 Å². The van der Waals surface area contributed by atoms with Crippen molar-refractivity contribution in [3.63, 3.8) is 0 Å². The van der Waals surface area contributed by atoms with Crippen molar-refractivity contribution in [1.82, 2.24) is 9.97 Å². The number of aromatic nitrogens is 2. The molecule has 90 valence electrons. The Morgan fingerprint density at radius 3 is 2.94 bits per heavy atom. The molecule has 3 aromatic rings. The Morgan fingerprint density at radius 2 is 2.06 bits per heavy atom. The average Bonchev–Trinajstić information content (AvgIpc) is 2.85. The Kier molecular flexibility index (Phi) is 3.07. The highest BCUT2D eigenvalue weighted by Crippen LogP contribution is 2.20. The molecule has 1 aromatic carbocycles. The third kappa shape index (κ3) is 2.27. The summed E-state index contributed by atoms with van der Waals surface area (Å²) >= 11 is 1.70. The highest BCUT2D eigenvalue weighted by atomic mass is 32.1. The first-order chi connectivity index (χ1) is 8.83. The first kappa shape index (κ1) is 11.4. The molecule has 0 spiro atoms. The van der Waals surface area contributed by atoms with Crippen LogP contribution in [-0.4, -0.2) is 9.97 Å². The quantitative estimate of drug-likeness (QED) is 0.710. The summed E-state index contributed by atoms with van der Waals surface area (Å²) in [7, 11) is 0. The van der Waals surface area contributed by atoms with Crippen LogP contribution in [0, 0.1) is 6.92 Å². The van der Waals surface area contributed by atoms with Crippen LogP contribution in [0.3, 0.4) is 0 Å². The van der Waals surface area contributed by atoms with Gasteiger partial charge in [0.05, 0.1) is 15.7 Å². The van der Waals surface area contributed by atoms with Gasteiger partial charge in [0, 0.05) is 11.9 Å². The van der Waals surface area contributed by atoms with Crippen LogP contribution in [0.1, 0.15) is 16.8 Å². The molecule has 2 nitrogen and oxygen atoms in total. The van der Waals surface area contributed by atoms with Gasteiger partial charge in [-0.15, -0.1) is 11.3 Å². The van der Waals surface area contributed by atoms with Crippen LogP contribution in [-0.2, 0) is 12.8 Å². The van der Waals surface area contributed by atoms with Crippen LogP contribution >= 0.6 is 11.3 Å². The summed E-state index contributed by atoms with van der Waals surface area (Å²) in [5.41, 5.74) is 6.82. The summed E-state index contributed by atoms with van der Waals surface area (Å²) < 4.78 is 1.27. The van der Waals surface area contributed by atoms with E-state index in [0.29, 0.717) is 0 Å². The lowest BCUT2D eigenvalue weighted by Crippen LogP contribution is -1.96. The van der Waals surface area contributed by atoms with E-state index in [1.807, 2.05) is 17.8 Å². The predicted molar refractivity (Wildman–Crippen MR) is 76.0 cm³/mol. The molecule has 0 N–H and O–H groups in total. The highest BCUT2D eigenvalue weighted by Gasteiger charge is 2.02. The van der Waals surface area contributed by atoms with E-state index in [1.165, 1.54) is 21.5 Å². The molecule has 18 heavy (non-hydrogen) atoms. The number of hydrogen-bond acceptors (Lipinski definition) is 3. The summed E-state index contributed by atoms with van der Waals surface area (Å²) in [6, 6.07) is 10.6. The molecule has 0 unspecified atom stereocenters. The van der Waals surface area contributed by atoms with E-state index < -0.39 is 0 Å². The molecular formula is C15H14N2S. The number of pyridine rings is 1. The van der Waals surface area contributed by atoms with Crippen molar-refractivity contribution in [2.24, 2.45) is 0 Å². The first-order valence-corrected chi connectivity index (χ1v) is 6.93. The molecule has 0 radical (unpaired) electrons. The van der Waals surface area contributed by atoms with Gasteiger partial charge < -0.3 is 0 Å². The SMILES string of the molecule is Cc1cccnc1CCc1ccc2ncsc2c1. The van der Waals surface area contributed by atoms with Gasteiger partial charge in [-0.25, -0.2) is 4.98 Å². The number of nitrogens with zero attached hydrogens (tertiary/aromatic N) is 2. The molecule has 3 heteroatoms. The van der Waals surface area contributed by atoms with Crippen molar-refractivity contribution in [3.8, 4) is 0 Å². The van der Waals surface area contributed by atoms with Crippen LogP contribution in [0.2, 0.25) is 0 Å². The fourth-order valence-electron chi connectivity index (χ4n) is 2.10. The number of aryl methyl sites for hydroxylation is 3. The maximum Gasteiger partial charge on any atom is 0.0812 e. The molecule has 0 aliphatic heterocycles. The first-order valence-electron chi connectivity index (χ1n) is 6.05. The second kappa shape index (κ2) is 4.86. The second-order valence-corrected chi connectivity index (χ2v) is 5.31. The topological polar surface area (TPSA) is 25.8 Å². The fraction of sp³-hybridized carbons (Fsp3) is 0.200. The number of benzene rings is 1. The van der Waals surface area contributed by atoms with Crippen molar-refractivity contribution >= 4 is 21.6 Å². The molecule has 3 rings (SSSR count). The number of fused-ring (bicyclic) bond motifs is 1. The average molecular weight is 254 g/mol. The summed E-state index contributed by atoms with van der Waals surface area (Å²) in [6.45, 7) is 2.12. The van der Waals surface area contributed by atoms with E-state index in [4.69, 9.17) is 0 Å². The molecule has 2 heterocycles. The van der Waals surface area contributed by atoms with Crippen LogP contribution in [0.15, 0.2) is 42.0 Å². The van der Waals surface area contributed by atoms with E-state index in [1.54, 1.807) is 11.3 Å². The van der Waals surface area contributed by atoms with E-state index in [-0.39, 0.29) is 0 Å². The molecule has 0 bridgehead atoms. The Bertz CT molecular complexity index is 673. The lowest BCUT2D eigenvalue weighted by atomic mass is 10.1. The van der Waals surface area contributed by atoms with Crippen molar-refractivity contribution < 1.29 is 0 Å². The van der Waals surface area contributed by atoms with Gasteiger partial charge in [-0.2, -0.15) is 0 Å². The van der Waals surface area contributed by atoms with Crippen LogP contribution in [0.4, 0.5) is 0 Å². The van der Waals surface area contributed by atoms with Crippen LogP contribution in [0.25, 0.3) is 10.2 Å². The standard InChI is InChI=1S/C15H14N2S/c1-11-3-2-8-16-13(11)6-4-12-5-7-14-15(9-12)18-10-17-14/h2-3,5,7-10H,4,6H2,1H3. The zero-order valence-corrected chi connectivity index (χ0v) is 11.1. The smallest absolute Gasteiger partial charge is 0.0812 e. The predicted octanol–water partition coefficient (Wildman–Crippen LogP) is 3.78. The third-order valence-corrected chi connectivity index (χ3v) is 3.96. The Hall–Kier alpha value is -1.74. The van der Waals surface area contributed by atoms with E-state index >= 15 is 0 Å². The summed E-state index contributed by atoms with van der Waals surface area (Å²) in [5, 5.41) is 0. The van der Waals surface area contributed by atoms with Gasteiger partial charge in [-0.3, -0.25) is 4.98 Å². The van der Waals surface area contributed by atoms with Crippen molar-refractivity contribution in [3.05, 3.63) is 58.9 Å². The normalized spacial score (nSPS) is 10.9. The van der Waals surface area contributed by atoms with Gasteiger partial charge in [-0.1, -0.05) is 12.1 Å². The minimum Gasteiger partial charge on any atom is -0.261 e. The number of hydrogen-bond donors (Lipinski definition) is 0. The molecule has 0 fully saturated rings. The lowest BCUT2D eigenvalue weighted by molar-refractivity contribution is 0.902. The summed E-state index contributed by atoms with van der Waals surface area (Å²) in [4.78, 5) is 8.73. The molecule has 0 saturated carbocycles. The summed E-state index contributed by atoms with van der Waals surface area (Å²) in [5.74, 6) is 0. The monoisotopic (exact) mass is 254 g/mol. The molecule has 0 atom stereocenters. The lowest BCUT2D eigenvalue weighted by Gasteiger charge is -2.04. The molecule has 2 aromatic heterocycles. The zero-order chi connectivity index (χ0) is 12.4. The second-order valence-electron chi connectivity index (χ2n) is 4.42. The van der Waals surface area contributed by atoms with Gasteiger partial charge in [0.25, 0.3) is 0 Å². The van der Waals surface area contributed by atoms with E-state index in [2.05, 4.69) is 41.2 Å². The Labute approximate surface area is 110 Å². The molecular weight excluding hydrogens is 240 g/mol. The van der Waals surface area contributed by atoms with Gasteiger partial charge >= 0.3 is 0 Å².